The number of hydrogen-bond acceptors (Lipinski definition) is 5. The molecule has 2 N–H and O–H groups in total. The van der Waals surface area contributed by atoms with Crippen LogP contribution in [0.2, 0.25) is 5.02 Å². The van der Waals surface area contributed by atoms with Crippen LogP contribution in [0.5, 0.6) is 0 Å². The van der Waals surface area contributed by atoms with E-state index in [0.717, 1.165) is 11.6 Å². The third-order valence-corrected chi connectivity index (χ3v) is 5.01. The predicted octanol–water partition coefficient (Wildman–Crippen LogP) is 2.81. The number of benzene rings is 2. The standard InChI is InChI=1S/C15H16ClN3O4S/c1-17-24(22,23)13-5-6-14(15(10-13)19(20)21)18-8-7-11-3-2-4-12(16)9-11/h2-6,9-10,17-18H,7-8H2,1H3. The van der Waals surface area contributed by atoms with Crippen LogP contribution in [-0.2, 0) is 16.4 Å². The summed E-state index contributed by atoms with van der Waals surface area (Å²) in [6.07, 6.45) is 0.619. The summed E-state index contributed by atoms with van der Waals surface area (Å²) in [4.78, 5) is 10.4. The van der Waals surface area contributed by atoms with E-state index in [4.69, 9.17) is 11.6 Å². The van der Waals surface area contributed by atoms with Crippen LogP contribution < -0.4 is 10.0 Å². The fourth-order valence-electron chi connectivity index (χ4n) is 2.13. The highest BCUT2D eigenvalue weighted by atomic mass is 35.5. The lowest BCUT2D eigenvalue weighted by Gasteiger charge is -2.09. The SMILES string of the molecule is CNS(=O)(=O)c1ccc(NCCc2cccc(Cl)c2)c([N+](=O)[O-])c1. The van der Waals surface area contributed by atoms with Gasteiger partial charge in [0.15, 0.2) is 0 Å². The van der Waals surface area contributed by atoms with E-state index in [-0.39, 0.29) is 16.3 Å². The van der Waals surface area contributed by atoms with Crippen molar-refractivity contribution in [2.24, 2.45) is 0 Å². The number of nitrogens with one attached hydrogen (secondary N) is 2. The second kappa shape index (κ2) is 7.61. The lowest BCUT2D eigenvalue weighted by Crippen LogP contribution is -2.19. The minimum Gasteiger partial charge on any atom is -0.379 e. The Bertz CT molecular complexity index is 856. The average molecular weight is 370 g/mol. The Labute approximate surface area is 144 Å². The van der Waals surface area contributed by atoms with Crippen molar-refractivity contribution >= 4 is 33.0 Å². The third kappa shape index (κ3) is 4.44. The van der Waals surface area contributed by atoms with Gasteiger partial charge in [-0.15, -0.1) is 0 Å². The molecule has 0 saturated carbocycles. The molecule has 0 aromatic heterocycles. The Balaban J connectivity index is 2.16. The first-order valence-electron chi connectivity index (χ1n) is 7.04. The van der Waals surface area contributed by atoms with Gasteiger partial charge in [-0.2, -0.15) is 0 Å². The molecule has 0 aliphatic carbocycles. The van der Waals surface area contributed by atoms with Crippen molar-refractivity contribution in [3.63, 3.8) is 0 Å². The molecular formula is C15H16ClN3O4S. The summed E-state index contributed by atoms with van der Waals surface area (Å²) in [6, 6.07) is 11.1. The van der Waals surface area contributed by atoms with Crippen LogP contribution in [0, 0.1) is 10.1 Å². The van der Waals surface area contributed by atoms with Gasteiger partial charge in [-0.25, -0.2) is 13.1 Å². The van der Waals surface area contributed by atoms with Gasteiger partial charge in [-0.1, -0.05) is 23.7 Å². The molecule has 7 nitrogen and oxygen atoms in total. The van der Waals surface area contributed by atoms with Crippen molar-refractivity contribution in [1.29, 1.82) is 0 Å². The molecule has 0 spiro atoms. The number of rotatable bonds is 7. The summed E-state index contributed by atoms with van der Waals surface area (Å²) < 4.78 is 25.6. The van der Waals surface area contributed by atoms with Crippen molar-refractivity contribution in [3.05, 3.63) is 63.2 Å². The second-order valence-electron chi connectivity index (χ2n) is 4.95. The first kappa shape index (κ1) is 18.2. The molecule has 128 valence electrons. The summed E-state index contributed by atoms with van der Waals surface area (Å²) in [7, 11) is -2.49. The van der Waals surface area contributed by atoms with E-state index in [0.29, 0.717) is 18.0 Å². The largest absolute Gasteiger partial charge is 0.379 e. The summed E-state index contributed by atoms with van der Waals surface area (Å²) in [5.41, 5.74) is 0.960. The zero-order valence-electron chi connectivity index (χ0n) is 12.8. The molecule has 0 bridgehead atoms. The zero-order chi connectivity index (χ0) is 17.7. The number of anilines is 1. The molecule has 24 heavy (non-hydrogen) atoms. The van der Waals surface area contributed by atoms with Gasteiger partial charge in [0.25, 0.3) is 5.69 Å². The smallest absolute Gasteiger partial charge is 0.293 e. The molecule has 0 fully saturated rings. The van der Waals surface area contributed by atoms with Gasteiger partial charge < -0.3 is 5.32 Å². The van der Waals surface area contributed by atoms with Crippen LogP contribution in [-0.4, -0.2) is 26.9 Å². The molecule has 0 aliphatic rings. The molecule has 9 heteroatoms. The topological polar surface area (TPSA) is 101 Å². The first-order valence-corrected chi connectivity index (χ1v) is 8.90. The zero-order valence-corrected chi connectivity index (χ0v) is 14.4. The van der Waals surface area contributed by atoms with Crippen LogP contribution in [0.3, 0.4) is 0 Å². The maximum absolute atomic E-state index is 11.8. The summed E-state index contributed by atoms with van der Waals surface area (Å²) in [5, 5.41) is 14.8. The molecule has 0 aliphatic heterocycles. The van der Waals surface area contributed by atoms with Crippen molar-refractivity contribution in [3.8, 4) is 0 Å². The van der Waals surface area contributed by atoms with Gasteiger partial charge in [-0.05, 0) is 43.3 Å². The van der Waals surface area contributed by atoms with E-state index < -0.39 is 14.9 Å². The highest BCUT2D eigenvalue weighted by molar-refractivity contribution is 7.89. The normalized spacial score (nSPS) is 11.2. The van der Waals surface area contributed by atoms with Gasteiger partial charge in [-0.3, -0.25) is 10.1 Å². The maximum atomic E-state index is 11.8. The highest BCUT2D eigenvalue weighted by Gasteiger charge is 2.20. The molecule has 0 radical (unpaired) electrons. The van der Waals surface area contributed by atoms with Crippen LogP contribution in [0.25, 0.3) is 0 Å². The number of nitro benzene ring substituents is 1. The average Bonchev–Trinajstić information content (AvgIpc) is 2.55. The van der Waals surface area contributed by atoms with Crippen LogP contribution in [0.15, 0.2) is 47.4 Å². The van der Waals surface area contributed by atoms with Gasteiger partial charge in [0.2, 0.25) is 10.0 Å². The third-order valence-electron chi connectivity index (χ3n) is 3.36. The molecule has 2 rings (SSSR count). The Morgan fingerprint density at radius 2 is 1.96 bits per heavy atom. The van der Waals surface area contributed by atoms with Gasteiger partial charge in [0.05, 0.1) is 9.82 Å². The molecule has 2 aromatic rings. The maximum Gasteiger partial charge on any atom is 0.293 e. The summed E-state index contributed by atoms with van der Waals surface area (Å²) in [5.74, 6) is 0. The molecule has 2 aromatic carbocycles. The van der Waals surface area contributed by atoms with E-state index in [1.165, 1.54) is 19.2 Å². The number of nitro groups is 1. The Morgan fingerprint density at radius 1 is 1.21 bits per heavy atom. The Morgan fingerprint density at radius 3 is 2.58 bits per heavy atom. The van der Waals surface area contributed by atoms with Gasteiger partial charge in [0, 0.05) is 17.6 Å². The van der Waals surface area contributed by atoms with E-state index in [9.17, 15) is 18.5 Å². The van der Waals surface area contributed by atoms with Gasteiger partial charge in [0.1, 0.15) is 5.69 Å². The lowest BCUT2D eigenvalue weighted by atomic mass is 10.1. The molecule has 0 amide bonds. The number of nitrogens with zero attached hydrogens (tertiary/aromatic N) is 1. The van der Waals surface area contributed by atoms with Crippen LogP contribution >= 0.6 is 11.6 Å². The van der Waals surface area contributed by atoms with Crippen LogP contribution in [0.4, 0.5) is 11.4 Å². The predicted molar refractivity (Wildman–Crippen MR) is 93.0 cm³/mol. The van der Waals surface area contributed by atoms with E-state index in [1.54, 1.807) is 6.07 Å². The molecule has 0 atom stereocenters. The fraction of sp³-hybridized carbons (Fsp3) is 0.200. The van der Waals surface area contributed by atoms with Crippen molar-refractivity contribution in [2.45, 2.75) is 11.3 Å². The van der Waals surface area contributed by atoms with E-state index >= 15 is 0 Å². The lowest BCUT2D eigenvalue weighted by molar-refractivity contribution is -0.384. The number of halogens is 1. The molecule has 0 saturated heterocycles. The minimum absolute atomic E-state index is 0.155. The van der Waals surface area contributed by atoms with Crippen molar-refractivity contribution < 1.29 is 13.3 Å². The highest BCUT2D eigenvalue weighted by Crippen LogP contribution is 2.27. The number of sulfonamides is 1. The Hall–Kier alpha value is -2.16. The molecular weight excluding hydrogens is 354 g/mol. The summed E-state index contributed by atoms with van der Waals surface area (Å²) in [6.45, 7) is 0.444. The fourth-order valence-corrected chi connectivity index (χ4v) is 3.09. The first-order chi connectivity index (χ1) is 11.3. The van der Waals surface area contributed by atoms with Gasteiger partial charge >= 0.3 is 0 Å². The quantitative estimate of drug-likeness (QED) is 0.577. The van der Waals surface area contributed by atoms with Crippen molar-refractivity contribution in [2.75, 3.05) is 18.9 Å². The Kier molecular flexibility index (Phi) is 5.76. The summed E-state index contributed by atoms with van der Waals surface area (Å²) >= 11 is 5.91. The minimum atomic E-state index is -3.74. The van der Waals surface area contributed by atoms with Crippen molar-refractivity contribution in [1.82, 2.24) is 4.72 Å². The molecule has 0 unspecified atom stereocenters. The van der Waals surface area contributed by atoms with E-state index in [2.05, 4.69) is 10.0 Å². The second-order valence-corrected chi connectivity index (χ2v) is 7.27. The van der Waals surface area contributed by atoms with E-state index in [1.807, 2.05) is 18.2 Å². The monoisotopic (exact) mass is 369 g/mol. The molecule has 0 heterocycles. The number of hydrogen-bond donors (Lipinski definition) is 2. The van der Waals surface area contributed by atoms with Crippen LogP contribution in [0.1, 0.15) is 5.56 Å².